The van der Waals surface area contributed by atoms with Gasteiger partial charge < -0.3 is 15.4 Å². The number of thiazole rings is 1. The fraction of sp³-hybridized carbons (Fsp3) is 0.714. The van der Waals surface area contributed by atoms with Crippen LogP contribution in [0.2, 0.25) is 0 Å². The van der Waals surface area contributed by atoms with Crippen LogP contribution in [-0.2, 0) is 11.2 Å². The number of aryl methyl sites for hydroxylation is 1. The molecule has 2 N–H and O–H groups in total. The molecule has 1 aromatic heterocycles. The molecular formula is C14H24N4O2S. The Hall–Kier alpha value is -1.18. The Balaban J connectivity index is 1.58. The molecule has 1 atom stereocenters. The Bertz CT molecular complexity index is 446. The van der Waals surface area contributed by atoms with Crippen molar-refractivity contribution in [2.24, 2.45) is 0 Å². The molecule has 0 aliphatic carbocycles. The molecule has 1 aliphatic rings. The predicted molar refractivity (Wildman–Crippen MR) is 83.8 cm³/mol. The Morgan fingerprint density at radius 1 is 1.48 bits per heavy atom. The standard InChI is InChI=1S/C14H24N4O2S/c1-11(18-5-7-20-8-6-18)9-16-14(19)15-4-3-13-10-21-12(2)17-13/h10-11H,3-9H2,1-2H3,(H2,15,16,19)/t11-/m1/s1. The third kappa shape index (κ3) is 5.61. The van der Waals surface area contributed by atoms with Crippen LogP contribution in [0.1, 0.15) is 17.6 Å². The molecule has 1 saturated heterocycles. The van der Waals surface area contributed by atoms with Gasteiger partial charge in [-0.15, -0.1) is 11.3 Å². The molecule has 2 amide bonds. The van der Waals surface area contributed by atoms with Crippen LogP contribution >= 0.6 is 11.3 Å². The van der Waals surface area contributed by atoms with E-state index in [2.05, 4.69) is 27.4 Å². The maximum absolute atomic E-state index is 11.7. The first-order valence-corrected chi connectivity index (χ1v) is 8.27. The third-order valence-electron chi connectivity index (χ3n) is 3.56. The van der Waals surface area contributed by atoms with E-state index in [4.69, 9.17) is 4.74 Å². The van der Waals surface area contributed by atoms with Crippen LogP contribution in [0.5, 0.6) is 0 Å². The van der Waals surface area contributed by atoms with Gasteiger partial charge in [-0.1, -0.05) is 0 Å². The maximum Gasteiger partial charge on any atom is 0.314 e. The highest BCUT2D eigenvalue weighted by Crippen LogP contribution is 2.07. The first kappa shape index (κ1) is 16.2. The molecule has 1 fully saturated rings. The molecule has 118 valence electrons. The largest absolute Gasteiger partial charge is 0.379 e. The lowest BCUT2D eigenvalue weighted by atomic mass is 10.2. The summed E-state index contributed by atoms with van der Waals surface area (Å²) >= 11 is 1.64. The molecule has 0 aromatic carbocycles. The number of carbonyl (C=O) groups is 1. The second kappa shape index (κ2) is 8.31. The molecule has 0 bridgehead atoms. The number of ether oxygens (including phenoxy) is 1. The van der Waals surface area contributed by atoms with Crippen molar-refractivity contribution in [1.29, 1.82) is 0 Å². The summed E-state index contributed by atoms with van der Waals surface area (Å²) in [6, 6.07) is 0.225. The first-order valence-electron chi connectivity index (χ1n) is 7.39. The SMILES string of the molecule is Cc1nc(CCNC(=O)NC[C@@H](C)N2CCOCC2)cs1. The molecule has 0 radical (unpaired) electrons. The monoisotopic (exact) mass is 312 g/mol. The number of hydrogen-bond acceptors (Lipinski definition) is 5. The minimum atomic E-state index is -0.109. The highest BCUT2D eigenvalue weighted by Gasteiger charge is 2.17. The van der Waals surface area contributed by atoms with Crippen LogP contribution in [0.4, 0.5) is 4.79 Å². The summed E-state index contributed by atoms with van der Waals surface area (Å²) in [5.41, 5.74) is 1.04. The summed E-state index contributed by atoms with van der Waals surface area (Å²) < 4.78 is 5.33. The van der Waals surface area contributed by atoms with E-state index < -0.39 is 0 Å². The van der Waals surface area contributed by atoms with Gasteiger partial charge in [0, 0.05) is 44.0 Å². The predicted octanol–water partition coefficient (Wildman–Crippen LogP) is 1.01. The Morgan fingerprint density at radius 3 is 2.90 bits per heavy atom. The minimum absolute atomic E-state index is 0.109. The Kier molecular flexibility index (Phi) is 6.41. The number of hydrogen-bond donors (Lipinski definition) is 2. The summed E-state index contributed by atoms with van der Waals surface area (Å²) in [7, 11) is 0. The molecule has 0 unspecified atom stereocenters. The highest BCUT2D eigenvalue weighted by atomic mass is 32.1. The molecule has 0 saturated carbocycles. The zero-order chi connectivity index (χ0) is 15.1. The fourth-order valence-electron chi connectivity index (χ4n) is 2.28. The zero-order valence-electron chi connectivity index (χ0n) is 12.7. The average molecular weight is 312 g/mol. The maximum atomic E-state index is 11.7. The van der Waals surface area contributed by atoms with Gasteiger partial charge in [0.05, 0.1) is 23.9 Å². The number of nitrogens with one attached hydrogen (secondary N) is 2. The minimum Gasteiger partial charge on any atom is -0.379 e. The van der Waals surface area contributed by atoms with Crippen molar-refractivity contribution >= 4 is 17.4 Å². The molecule has 0 spiro atoms. The smallest absolute Gasteiger partial charge is 0.314 e. The first-order chi connectivity index (χ1) is 10.1. The van der Waals surface area contributed by atoms with Crippen LogP contribution in [0.3, 0.4) is 0 Å². The van der Waals surface area contributed by atoms with Gasteiger partial charge in [0.15, 0.2) is 0 Å². The molecule has 1 aromatic rings. The number of aromatic nitrogens is 1. The molecule has 1 aliphatic heterocycles. The van der Waals surface area contributed by atoms with E-state index in [9.17, 15) is 4.79 Å². The number of amides is 2. The normalized spacial score (nSPS) is 17.4. The van der Waals surface area contributed by atoms with Gasteiger partial charge in [-0.05, 0) is 13.8 Å². The van der Waals surface area contributed by atoms with E-state index in [0.717, 1.165) is 43.4 Å². The number of rotatable bonds is 6. The second-order valence-electron chi connectivity index (χ2n) is 5.24. The second-order valence-corrected chi connectivity index (χ2v) is 6.30. The van der Waals surface area contributed by atoms with Crippen molar-refractivity contribution in [1.82, 2.24) is 20.5 Å². The number of urea groups is 1. The summed E-state index contributed by atoms with van der Waals surface area (Å²) in [6.07, 6.45) is 0.775. The number of nitrogens with zero attached hydrogens (tertiary/aromatic N) is 2. The van der Waals surface area contributed by atoms with Crippen molar-refractivity contribution in [3.05, 3.63) is 16.1 Å². The van der Waals surface area contributed by atoms with E-state index in [0.29, 0.717) is 19.1 Å². The number of carbonyl (C=O) groups excluding carboxylic acids is 1. The van der Waals surface area contributed by atoms with E-state index in [1.165, 1.54) is 0 Å². The van der Waals surface area contributed by atoms with Gasteiger partial charge in [0.1, 0.15) is 0 Å². The molecule has 2 rings (SSSR count). The van der Waals surface area contributed by atoms with Gasteiger partial charge in [0.2, 0.25) is 0 Å². The van der Waals surface area contributed by atoms with Crippen molar-refractivity contribution in [3.8, 4) is 0 Å². The third-order valence-corrected chi connectivity index (χ3v) is 4.38. The van der Waals surface area contributed by atoms with E-state index in [1.54, 1.807) is 11.3 Å². The summed E-state index contributed by atoms with van der Waals surface area (Å²) in [5.74, 6) is 0. The van der Waals surface area contributed by atoms with E-state index >= 15 is 0 Å². The molecule has 2 heterocycles. The van der Waals surface area contributed by atoms with E-state index in [-0.39, 0.29) is 6.03 Å². The summed E-state index contributed by atoms with van der Waals surface area (Å²) in [6.45, 7) is 8.82. The lowest BCUT2D eigenvalue weighted by molar-refractivity contribution is 0.0209. The quantitative estimate of drug-likeness (QED) is 0.823. The van der Waals surface area contributed by atoms with Crippen molar-refractivity contribution < 1.29 is 9.53 Å². The Morgan fingerprint density at radius 2 is 2.24 bits per heavy atom. The lowest BCUT2D eigenvalue weighted by Crippen LogP contribution is -2.49. The van der Waals surface area contributed by atoms with Crippen LogP contribution < -0.4 is 10.6 Å². The number of morpholine rings is 1. The van der Waals surface area contributed by atoms with Crippen molar-refractivity contribution in [2.45, 2.75) is 26.3 Å². The Labute approximate surface area is 129 Å². The molecular weight excluding hydrogens is 288 g/mol. The zero-order valence-corrected chi connectivity index (χ0v) is 13.5. The van der Waals surface area contributed by atoms with Crippen LogP contribution in [0, 0.1) is 6.92 Å². The average Bonchev–Trinajstić information content (AvgIpc) is 2.91. The molecule has 21 heavy (non-hydrogen) atoms. The van der Waals surface area contributed by atoms with Crippen LogP contribution in [-0.4, -0.2) is 61.3 Å². The van der Waals surface area contributed by atoms with Gasteiger partial charge in [0.25, 0.3) is 0 Å². The summed E-state index contributed by atoms with van der Waals surface area (Å²) in [5, 5.41) is 8.89. The topological polar surface area (TPSA) is 66.5 Å². The van der Waals surface area contributed by atoms with E-state index in [1.807, 2.05) is 12.3 Å². The van der Waals surface area contributed by atoms with Crippen LogP contribution in [0.25, 0.3) is 0 Å². The van der Waals surface area contributed by atoms with Gasteiger partial charge in [-0.2, -0.15) is 0 Å². The molecule has 6 nitrogen and oxygen atoms in total. The van der Waals surface area contributed by atoms with Crippen molar-refractivity contribution in [2.75, 3.05) is 39.4 Å². The fourth-order valence-corrected chi connectivity index (χ4v) is 2.92. The van der Waals surface area contributed by atoms with Gasteiger partial charge in [-0.25, -0.2) is 9.78 Å². The van der Waals surface area contributed by atoms with Gasteiger partial charge in [-0.3, -0.25) is 4.90 Å². The highest BCUT2D eigenvalue weighted by molar-refractivity contribution is 7.09. The van der Waals surface area contributed by atoms with Gasteiger partial charge >= 0.3 is 6.03 Å². The lowest BCUT2D eigenvalue weighted by Gasteiger charge is -2.32. The van der Waals surface area contributed by atoms with Crippen LogP contribution in [0.15, 0.2) is 5.38 Å². The summed E-state index contributed by atoms with van der Waals surface area (Å²) in [4.78, 5) is 18.4. The van der Waals surface area contributed by atoms with Crippen molar-refractivity contribution in [3.63, 3.8) is 0 Å². The molecule has 7 heteroatoms.